The molecule has 3 rings (SSSR count). The summed E-state index contributed by atoms with van der Waals surface area (Å²) in [5.41, 5.74) is 0.682. The standard InChI is InChI=1S/C12H11ClN2O3S/c13-6-1-2-14-7-3-10(19-11(6)7)12(18)15-4-8(16)9(17)5-15/h1-3,8-9,16-17H,4-5H2/t8-,9-/m1/s1. The van der Waals surface area contributed by atoms with Crippen LogP contribution >= 0.6 is 22.9 Å². The lowest BCUT2D eigenvalue weighted by atomic mass is 10.3. The van der Waals surface area contributed by atoms with Crippen molar-refractivity contribution in [3.05, 3.63) is 28.2 Å². The van der Waals surface area contributed by atoms with E-state index in [0.29, 0.717) is 15.4 Å². The lowest BCUT2D eigenvalue weighted by Crippen LogP contribution is -2.29. The van der Waals surface area contributed by atoms with Gasteiger partial charge in [0.05, 0.1) is 32.3 Å². The Balaban J connectivity index is 1.92. The fraction of sp³-hybridized carbons (Fsp3) is 0.333. The molecule has 0 saturated carbocycles. The van der Waals surface area contributed by atoms with E-state index < -0.39 is 12.2 Å². The number of hydrogen-bond acceptors (Lipinski definition) is 5. The van der Waals surface area contributed by atoms with Gasteiger partial charge < -0.3 is 15.1 Å². The monoisotopic (exact) mass is 298 g/mol. The predicted molar refractivity (Wildman–Crippen MR) is 72.5 cm³/mol. The number of pyridine rings is 1. The van der Waals surface area contributed by atoms with E-state index >= 15 is 0 Å². The van der Waals surface area contributed by atoms with Gasteiger partial charge in [-0.1, -0.05) is 11.6 Å². The summed E-state index contributed by atoms with van der Waals surface area (Å²) in [6.45, 7) is 0.296. The van der Waals surface area contributed by atoms with Gasteiger partial charge in [-0.25, -0.2) is 0 Å². The maximum Gasteiger partial charge on any atom is 0.264 e. The SMILES string of the molecule is O=C(c1cc2nccc(Cl)c2s1)N1C[C@@H](O)[C@H](O)C1. The van der Waals surface area contributed by atoms with Gasteiger partial charge in [0.25, 0.3) is 5.91 Å². The number of likely N-dealkylation sites (tertiary alicyclic amines) is 1. The number of fused-ring (bicyclic) bond motifs is 1. The van der Waals surface area contributed by atoms with Crippen LogP contribution in [0.4, 0.5) is 0 Å². The van der Waals surface area contributed by atoms with Crippen molar-refractivity contribution in [3.63, 3.8) is 0 Å². The van der Waals surface area contributed by atoms with Gasteiger partial charge in [0.2, 0.25) is 0 Å². The van der Waals surface area contributed by atoms with Crippen molar-refractivity contribution in [2.45, 2.75) is 12.2 Å². The molecule has 1 amide bonds. The third kappa shape index (κ3) is 2.21. The zero-order chi connectivity index (χ0) is 13.6. The zero-order valence-electron chi connectivity index (χ0n) is 9.78. The Morgan fingerprint density at radius 3 is 2.74 bits per heavy atom. The normalized spacial score (nSPS) is 23.2. The number of nitrogens with zero attached hydrogens (tertiary/aromatic N) is 2. The van der Waals surface area contributed by atoms with Crippen LogP contribution in [-0.2, 0) is 0 Å². The third-order valence-electron chi connectivity index (χ3n) is 3.12. The number of amides is 1. The summed E-state index contributed by atoms with van der Waals surface area (Å²) >= 11 is 7.32. The Bertz CT molecular complexity index is 635. The molecule has 7 heteroatoms. The van der Waals surface area contributed by atoms with E-state index in [0.717, 1.165) is 4.70 Å². The fourth-order valence-electron chi connectivity index (χ4n) is 2.10. The van der Waals surface area contributed by atoms with Crippen molar-refractivity contribution in [2.24, 2.45) is 0 Å². The van der Waals surface area contributed by atoms with Crippen molar-refractivity contribution in [1.82, 2.24) is 9.88 Å². The lowest BCUT2D eigenvalue weighted by molar-refractivity contribution is 0.0572. The van der Waals surface area contributed by atoms with E-state index in [1.54, 1.807) is 18.3 Å². The Labute approximate surface area is 118 Å². The summed E-state index contributed by atoms with van der Waals surface area (Å²) < 4.78 is 0.771. The highest BCUT2D eigenvalue weighted by Gasteiger charge is 2.33. The summed E-state index contributed by atoms with van der Waals surface area (Å²) in [7, 11) is 0. The molecule has 1 saturated heterocycles. The highest BCUT2D eigenvalue weighted by Crippen LogP contribution is 2.31. The first kappa shape index (κ1) is 12.8. The first-order chi connectivity index (χ1) is 9.06. The summed E-state index contributed by atoms with van der Waals surface area (Å²) in [6, 6.07) is 3.36. The van der Waals surface area contributed by atoms with Crippen LogP contribution in [0.15, 0.2) is 18.3 Å². The largest absolute Gasteiger partial charge is 0.388 e. The predicted octanol–water partition coefficient (Wildman–Crippen LogP) is 1.13. The van der Waals surface area contributed by atoms with E-state index in [9.17, 15) is 15.0 Å². The van der Waals surface area contributed by atoms with Crippen LogP contribution in [0.2, 0.25) is 5.02 Å². The maximum atomic E-state index is 12.3. The Morgan fingerprint density at radius 2 is 2.11 bits per heavy atom. The van der Waals surface area contributed by atoms with Gasteiger partial charge >= 0.3 is 0 Å². The van der Waals surface area contributed by atoms with Crippen LogP contribution in [0.3, 0.4) is 0 Å². The van der Waals surface area contributed by atoms with Crippen LogP contribution in [0, 0.1) is 0 Å². The van der Waals surface area contributed by atoms with Crippen molar-refractivity contribution in [1.29, 1.82) is 0 Å². The molecule has 1 aliphatic rings. The molecular formula is C12H11ClN2O3S. The molecule has 2 atom stereocenters. The van der Waals surface area contributed by atoms with Gasteiger partial charge in [0.1, 0.15) is 0 Å². The van der Waals surface area contributed by atoms with E-state index in [4.69, 9.17) is 11.6 Å². The first-order valence-electron chi connectivity index (χ1n) is 5.75. The third-order valence-corrected chi connectivity index (χ3v) is 4.69. The smallest absolute Gasteiger partial charge is 0.264 e. The number of aliphatic hydroxyl groups is 2. The lowest BCUT2D eigenvalue weighted by Gasteiger charge is -2.13. The van der Waals surface area contributed by atoms with Crippen LogP contribution in [-0.4, -0.2) is 51.3 Å². The Morgan fingerprint density at radius 1 is 1.42 bits per heavy atom. The Hall–Kier alpha value is -1.21. The van der Waals surface area contributed by atoms with Gasteiger partial charge in [0.15, 0.2) is 0 Å². The van der Waals surface area contributed by atoms with Crippen molar-refractivity contribution in [2.75, 3.05) is 13.1 Å². The minimum absolute atomic E-state index is 0.148. The zero-order valence-corrected chi connectivity index (χ0v) is 11.4. The summed E-state index contributed by atoms with van der Waals surface area (Å²) in [4.78, 5) is 18.4. The maximum absolute atomic E-state index is 12.3. The van der Waals surface area contributed by atoms with Crippen LogP contribution in [0.1, 0.15) is 9.67 Å². The average Bonchev–Trinajstić information content (AvgIpc) is 2.94. The molecule has 3 heterocycles. The highest BCUT2D eigenvalue weighted by molar-refractivity contribution is 7.21. The number of thiophene rings is 1. The van der Waals surface area contributed by atoms with Gasteiger partial charge in [-0.15, -0.1) is 11.3 Å². The van der Waals surface area contributed by atoms with Gasteiger partial charge in [-0.2, -0.15) is 0 Å². The molecule has 0 spiro atoms. The summed E-state index contributed by atoms with van der Waals surface area (Å²) in [5, 5.41) is 19.5. The average molecular weight is 299 g/mol. The molecule has 1 aliphatic heterocycles. The van der Waals surface area contributed by atoms with Crippen LogP contribution < -0.4 is 0 Å². The fourth-order valence-corrected chi connectivity index (χ4v) is 3.36. The molecule has 0 radical (unpaired) electrons. The highest BCUT2D eigenvalue weighted by atomic mass is 35.5. The number of β-amino-alcohol motifs (C(OH)–C–C–N with tert-alkyl or cyclic N) is 2. The summed E-state index contributed by atoms with van der Waals surface area (Å²) in [6.07, 6.45) is -0.158. The Kier molecular flexibility index (Phi) is 3.18. The minimum atomic E-state index is -0.875. The molecule has 5 nitrogen and oxygen atoms in total. The molecule has 2 aromatic heterocycles. The second-order valence-electron chi connectivity index (χ2n) is 4.46. The van der Waals surface area contributed by atoms with E-state index in [-0.39, 0.29) is 19.0 Å². The first-order valence-corrected chi connectivity index (χ1v) is 6.95. The number of aliphatic hydroxyl groups excluding tert-OH is 2. The molecule has 0 aliphatic carbocycles. The molecular weight excluding hydrogens is 288 g/mol. The van der Waals surface area contributed by atoms with Crippen molar-refractivity contribution >= 4 is 39.1 Å². The second kappa shape index (κ2) is 4.72. The number of aromatic nitrogens is 1. The van der Waals surface area contributed by atoms with E-state index in [1.165, 1.54) is 16.2 Å². The topological polar surface area (TPSA) is 73.7 Å². The second-order valence-corrected chi connectivity index (χ2v) is 5.92. The molecule has 0 aromatic carbocycles. The van der Waals surface area contributed by atoms with Crippen LogP contribution in [0.5, 0.6) is 0 Å². The van der Waals surface area contributed by atoms with Gasteiger partial charge in [-0.05, 0) is 12.1 Å². The van der Waals surface area contributed by atoms with Gasteiger partial charge in [0, 0.05) is 19.3 Å². The molecule has 2 N–H and O–H groups in total. The number of halogens is 1. The number of carbonyl (C=O) groups is 1. The molecule has 2 aromatic rings. The molecule has 100 valence electrons. The quantitative estimate of drug-likeness (QED) is 0.828. The van der Waals surface area contributed by atoms with Gasteiger partial charge in [-0.3, -0.25) is 9.78 Å². The van der Waals surface area contributed by atoms with Crippen LogP contribution in [0.25, 0.3) is 10.2 Å². The minimum Gasteiger partial charge on any atom is -0.388 e. The molecule has 0 bridgehead atoms. The number of hydrogen-bond donors (Lipinski definition) is 2. The number of rotatable bonds is 1. The van der Waals surface area contributed by atoms with E-state index in [1.807, 2.05) is 0 Å². The molecule has 1 fully saturated rings. The van der Waals surface area contributed by atoms with Crippen molar-refractivity contribution < 1.29 is 15.0 Å². The molecule has 0 unspecified atom stereocenters. The van der Waals surface area contributed by atoms with E-state index in [2.05, 4.69) is 4.98 Å². The van der Waals surface area contributed by atoms with Crippen molar-refractivity contribution in [3.8, 4) is 0 Å². The number of carbonyl (C=O) groups excluding carboxylic acids is 1. The molecule has 19 heavy (non-hydrogen) atoms. The summed E-state index contributed by atoms with van der Waals surface area (Å²) in [5.74, 6) is -0.213.